The Labute approximate surface area is 95.8 Å². The summed E-state index contributed by atoms with van der Waals surface area (Å²) in [6.45, 7) is -0.592. The van der Waals surface area contributed by atoms with Crippen LogP contribution in [0.5, 0.6) is 0 Å². The number of primary amides is 2. The molecular formula is C9H11N3O5. The van der Waals surface area contributed by atoms with Crippen LogP contribution in [0.4, 0.5) is 5.88 Å². The molecule has 1 heterocycles. The highest BCUT2D eigenvalue weighted by molar-refractivity contribution is 5.86. The molecule has 0 atom stereocenters. The third-order valence-corrected chi connectivity index (χ3v) is 1.81. The van der Waals surface area contributed by atoms with Crippen molar-refractivity contribution in [2.75, 3.05) is 18.0 Å². The van der Waals surface area contributed by atoms with Crippen LogP contribution in [-0.4, -0.2) is 36.0 Å². The number of carboxylic acids is 1. The van der Waals surface area contributed by atoms with E-state index in [1.807, 2.05) is 0 Å². The van der Waals surface area contributed by atoms with E-state index in [0.717, 1.165) is 4.90 Å². The molecule has 0 bridgehead atoms. The Hall–Kier alpha value is -2.51. The standard InChI is InChI=1S/C9H11N3O5/c10-6(13)3-12(4-7(11)14)8-2-1-5(17-8)9(15)16/h1-2H,3-4H2,(H2,10,13)(H2,11,14)(H,15,16). The summed E-state index contributed by atoms with van der Waals surface area (Å²) < 4.78 is 4.92. The highest BCUT2D eigenvalue weighted by Gasteiger charge is 2.17. The predicted octanol–water partition coefficient (Wildman–Crippen LogP) is -1.25. The number of nitrogens with two attached hydrogens (primary N) is 2. The smallest absolute Gasteiger partial charge is 0.371 e. The summed E-state index contributed by atoms with van der Waals surface area (Å²) in [5, 5.41) is 8.65. The molecule has 1 aromatic heterocycles. The molecule has 0 aliphatic rings. The van der Waals surface area contributed by atoms with Crippen molar-refractivity contribution in [3.05, 3.63) is 17.9 Å². The maximum atomic E-state index is 10.8. The molecule has 8 heteroatoms. The number of carbonyl (C=O) groups excluding carboxylic acids is 2. The van der Waals surface area contributed by atoms with Gasteiger partial charge in [-0.2, -0.15) is 0 Å². The summed E-state index contributed by atoms with van der Waals surface area (Å²) in [4.78, 5) is 33.3. The Morgan fingerprint density at radius 1 is 1.18 bits per heavy atom. The second-order valence-corrected chi connectivity index (χ2v) is 3.23. The Morgan fingerprint density at radius 3 is 2.06 bits per heavy atom. The van der Waals surface area contributed by atoms with E-state index in [9.17, 15) is 14.4 Å². The van der Waals surface area contributed by atoms with E-state index in [2.05, 4.69) is 0 Å². The fraction of sp³-hybridized carbons (Fsp3) is 0.222. The lowest BCUT2D eigenvalue weighted by Gasteiger charge is -2.17. The van der Waals surface area contributed by atoms with Crippen LogP contribution in [-0.2, 0) is 9.59 Å². The van der Waals surface area contributed by atoms with E-state index in [0.29, 0.717) is 0 Å². The van der Waals surface area contributed by atoms with Crippen LogP contribution < -0.4 is 16.4 Å². The zero-order valence-electron chi connectivity index (χ0n) is 8.75. The third kappa shape index (κ3) is 3.52. The number of anilines is 1. The maximum absolute atomic E-state index is 10.8. The molecule has 0 aliphatic carbocycles. The fourth-order valence-corrected chi connectivity index (χ4v) is 1.20. The first-order valence-corrected chi connectivity index (χ1v) is 4.55. The zero-order valence-corrected chi connectivity index (χ0v) is 8.75. The lowest BCUT2D eigenvalue weighted by atomic mass is 10.4. The molecule has 0 aromatic carbocycles. The Morgan fingerprint density at radius 2 is 1.71 bits per heavy atom. The minimum atomic E-state index is -1.26. The number of hydrogen-bond donors (Lipinski definition) is 3. The number of carboxylic acid groups (broad SMARTS) is 1. The van der Waals surface area contributed by atoms with Crippen molar-refractivity contribution in [2.24, 2.45) is 11.5 Å². The third-order valence-electron chi connectivity index (χ3n) is 1.81. The largest absolute Gasteiger partial charge is 0.475 e. The lowest BCUT2D eigenvalue weighted by molar-refractivity contribution is -0.117. The van der Waals surface area contributed by atoms with Crippen LogP contribution in [0.1, 0.15) is 10.6 Å². The van der Waals surface area contributed by atoms with Crippen LogP contribution in [0.25, 0.3) is 0 Å². The molecule has 0 saturated carbocycles. The van der Waals surface area contributed by atoms with Crippen molar-refractivity contribution in [3.8, 4) is 0 Å². The Balaban J connectivity index is 2.90. The van der Waals surface area contributed by atoms with Crippen LogP contribution in [0.2, 0.25) is 0 Å². The van der Waals surface area contributed by atoms with Crippen LogP contribution in [0.15, 0.2) is 16.5 Å². The van der Waals surface area contributed by atoms with E-state index >= 15 is 0 Å². The van der Waals surface area contributed by atoms with Gasteiger partial charge in [-0.3, -0.25) is 9.59 Å². The number of carbonyl (C=O) groups is 3. The summed E-state index contributed by atoms with van der Waals surface area (Å²) in [5.74, 6) is -2.91. The fourth-order valence-electron chi connectivity index (χ4n) is 1.20. The highest BCUT2D eigenvalue weighted by atomic mass is 16.4. The number of amides is 2. The van der Waals surface area contributed by atoms with Gasteiger partial charge in [-0.25, -0.2) is 4.79 Å². The molecule has 17 heavy (non-hydrogen) atoms. The van der Waals surface area contributed by atoms with E-state index in [1.165, 1.54) is 12.1 Å². The molecule has 0 saturated heterocycles. The van der Waals surface area contributed by atoms with Gasteiger partial charge in [0.2, 0.25) is 17.6 Å². The SMILES string of the molecule is NC(=O)CN(CC(N)=O)c1ccc(C(=O)O)o1. The normalized spacial score (nSPS) is 9.88. The molecule has 0 aliphatic heterocycles. The molecule has 92 valence electrons. The summed E-state index contributed by atoms with van der Waals surface area (Å²) >= 11 is 0. The van der Waals surface area contributed by atoms with Gasteiger partial charge in [0, 0.05) is 6.07 Å². The van der Waals surface area contributed by atoms with Gasteiger partial charge < -0.3 is 25.9 Å². The first-order chi connectivity index (χ1) is 7.90. The Bertz CT molecular complexity index is 437. The average Bonchev–Trinajstić information content (AvgIpc) is 2.63. The van der Waals surface area contributed by atoms with Crippen molar-refractivity contribution in [1.29, 1.82) is 0 Å². The predicted molar refractivity (Wildman–Crippen MR) is 56.3 cm³/mol. The topological polar surface area (TPSA) is 140 Å². The van der Waals surface area contributed by atoms with Gasteiger partial charge in [-0.15, -0.1) is 0 Å². The van der Waals surface area contributed by atoms with E-state index in [1.54, 1.807) is 0 Å². The summed E-state index contributed by atoms with van der Waals surface area (Å²) in [7, 11) is 0. The summed E-state index contributed by atoms with van der Waals surface area (Å²) in [5.41, 5.74) is 9.96. The van der Waals surface area contributed by atoms with Crippen LogP contribution in [0, 0.1) is 0 Å². The van der Waals surface area contributed by atoms with Gasteiger partial charge in [0.25, 0.3) is 0 Å². The van der Waals surface area contributed by atoms with E-state index in [-0.39, 0.29) is 24.7 Å². The molecule has 8 nitrogen and oxygen atoms in total. The van der Waals surface area contributed by atoms with Gasteiger partial charge in [0.1, 0.15) is 13.1 Å². The first kappa shape index (κ1) is 12.6. The summed E-state index contributed by atoms with van der Waals surface area (Å²) in [6.07, 6.45) is 0. The zero-order chi connectivity index (χ0) is 13.0. The second kappa shape index (κ2) is 5.01. The maximum Gasteiger partial charge on any atom is 0.371 e. The second-order valence-electron chi connectivity index (χ2n) is 3.23. The molecule has 2 amide bonds. The molecule has 0 radical (unpaired) electrons. The number of nitrogens with zero attached hydrogens (tertiary/aromatic N) is 1. The van der Waals surface area contributed by atoms with Crippen LogP contribution >= 0.6 is 0 Å². The minimum absolute atomic E-state index is 0.0417. The first-order valence-electron chi connectivity index (χ1n) is 4.55. The number of rotatable bonds is 6. The molecule has 5 N–H and O–H groups in total. The van der Waals surface area contributed by atoms with Crippen molar-refractivity contribution in [3.63, 3.8) is 0 Å². The molecule has 1 aromatic rings. The number of furan rings is 1. The molecule has 0 spiro atoms. The van der Waals surface area contributed by atoms with Crippen molar-refractivity contribution in [2.45, 2.75) is 0 Å². The molecule has 0 fully saturated rings. The quantitative estimate of drug-likeness (QED) is 0.568. The van der Waals surface area contributed by atoms with Crippen molar-refractivity contribution in [1.82, 2.24) is 0 Å². The van der Waals surface area contributed by atoms with Crippen LogP contribution in [0.3, 0.4) is 0 Å². The van der Waals surface area contributed by atoms with Gasteiger partial charge in [-0.1, -0.05) is 0 Å². The van der Waals surface area contributed by atoms with Crippen molar-refractivity contribution < 1.29 is 23.9 Å². The number of aromatic carboxylic acids is 1. The minimum Gasteiger partial charge on any atom is -0.475 e. The highest BCUT2D eigenvalue weighted by Crippen LogP contribution is 2.18. The monoisotopic (exact) mass is 241 g/mol. The van der Waals surface area contributed by atoms with E-state index < -0.39 is 17.8 Å². The van der Waals surface area contributed by atoms with Gasteiger partial charge in [0.15, 0.2) is 5.88 Å². The molecule has 0 unspecified atom stereocenters. The van der Waals surface area contributed by atoms with Gasteiger partial charge in [0.05, 0.1) is 0 Å². The average molecular weight is 241 g/mol. The Kier molecular flexibility index (Phi) is 3.70. The lowest BCUT2D eigenvalue weighted by Crippen LogP contribution is -2.39. The molecular weight excluding hydrogens is 230 g/mol. The van der Waals surface area contributed by atoms with E-state index in [4.69, 9.17) is 21.0 Å². The molecule has 1 rings (SSSR count). The summed E-state index contributed by atoms with van der Waals surface area (Å²) in [6, 6.07) is 2.52. The van der Waals surface area contributed by atoms with Gasteiger partial charge in [-0.05, 0) is 6.07 Å². The van der Waals surface area contributed by atoms with Gasteiger partial charge >= 0.3 is 5.97 Å². The number of hydrogen-bond acceptors (Lipinski definition) is 5. The van der Waals surface area contributed by atoms with Crippen molar-refractivity contribution >= 4 is 23.7 Å².